The first-order valence-corrected chi connectivity index (χ1v) is 9.04. The summed E-state index contributed by atoms with van der Waals surface area (Å²) in [5.41, 5.74) is -3.20. The van der Waals surface area contributed by atoms with E-state index in [2.05, 4.69) is 0 Å². The van der Waals surface area contributed by atoms with E-state index in [9.17, 15) is 14.7 Å². The summed E-state index contributed by atoms with van der Waals surface area (Å²) in [4.78, 5) is 31.6. The molecule has 1 aliphatic heterocycles. The SMILES string of the molecule is CC(C)(C)C(=O)C[C@@]1(C)C[C@](O)(C(C)(C)C)N(C(=O)c2ccccc2)O1. The summed E-state index contributed by atoms with van der Waals surface area (Å²) in [7, 11) is 0. The van der Waals surface area contributed by atoms with E-state index < -0.39 is 28.1 Å². The van der Waals surface area contributed by atoms with Crippen molar-refractivity contribution in [3.05, 3.63) is 35.9 Å². The van der Waals surface area contributed by atoms with Crippen LogP contribution in [0.2, 0.25) is 0 Å². The van der Waals surface area contributed by atoms with Crippen molar-refractivity contribution in [1.29, 1.82) is 0 Å². The third-order valence-corrected chi connectivity index (χ3v) is 5.05. The second-order valence-corrected chi connectivity index (χ2v) is 9.60. The van der Waals surface area contributed by atoms with Crippen LogP contribution in [0.25, 0.3) is 0 Å². The summed E-state index contributed by atoms with van der Waals surface area (Å²) < 4.78 is 0. The molecule has 0 unspecified atom stereocenters. The molecule has 0 aliphatic carbocycles. The van der Waals surface area contributed by atoms with Crippen LogP contribution in [0.1, 0.15) is 71.7 Å². The summed E-state index contributed by atoms with van der Waals surface area (Å²) in [5.74, 6) is -0.375. The number of hydrogen-bond donors (Lipinski definition) is 1. The number of Topliss-reactive ketones (excluding diaryl/α,β-unsaturated/α-hetero) is 1. The Morgan fingerprint density at radius 1 is 1.12 bits per heavy atom. The molecule has 1 heterocycles. The average Bonchev–Trinajstić information content (AvgIpc) is 2.78. The zero-order valence-electron chi connectivity index (χ0n) is 16.9. The molecule has 1 aromatic rings. The van der Waals surface area contributed by atoms with E-state index in [1.54, 1.807) is 31.2 Å². The standard InChI is InChI=1S/C21H31NO4/c1-18(2,3)16(23)13-20(7)14-21(25,19(4,5)6)22(26-20)17(24)15-11-9-8-10-12-15/h8-12,25H,13-14H2,1-7H3/t20-,21-/m0/s1. The van der Waals surface area contributed by atoms with E-state index in [0.717, 1.165) is 5.06 Å². The van der Waals surface area contributed by atoms with E-state index in [1.807, 2.05) is 47.6 Å². The molecule has 2 atom stereocenters. The highest BCUT2D eigenvalue weighted by Crippen LogP contribution is 2.49. The molecule has 0 aromatic heterocycles. The van der Waals surface area contributed by atoms with Crippen LogP contribution in [0, 0.1) is 10.8 Å². The second-order valence-electron chi connectivity index (χ2n) is 9.60. The van der Waals surface area contributed by atoms with Crippen molar-refractivity contribution in [2.75, 3.05) is 0 Å². The fourth-order valence-electron chi connectivity index (χ4n) is 3.10. The summed E-state index contributed by atoms with van der Waals surface area (Å²) in [6.07, 6.45) is 0.303. The number of carbonyl (C=O) groups is 2. The zero-order chi connectivity index (χ0) is 20.0. The molecule has 144 valence electrons. The van der Waals surface area contributed by atoms with Gasteiger partial charge >= 0.3 is 0 Å². The molecule has 5 nitrogen and oxygen atoms in total. The number of benzene rings is 1. The Balaban J connectivity index is 2.40. The van der Waals surface area contributed by atoms with Crippen molar-refractivity contribution in [3.8, 4) is 0 Å². The number of hydrogen-bond acceptors (Lipinski definition) is 4. The third-order valence-electron chi connectivity index (χ3n) is 5.05. The summed E-state index contributed by atoms with van der Waals surface area (Å²) in [5, 5.41) is 12.5. The van der Waals surface area contributed by atoms with Crippen LogP contribution in [-0.2, 0) is 9.63 Å². The third kappa shape index (κ3) is 3.84. The lowest BCUT2D eigenvalue weighted by Gasteiger charge is -2.41. The minimum Gasteiger partial charge on any atom is -0.368 e. The fourth-order valence-corrected chi connectivity index (χ4v) is 3.10. The first kappa shape index (κ1) is 20.6. The molecular formula is C21H31NO4. The van der Waals surface area contributed by atoms with Crippen molar-refractivity contribution in [2.45, 2.75) is 72.6 Å². The highest BCUT2D eigenvalue weighted by Gasteiger charge is 2.60. The monoisotopic (exact) mass is 361 g/mol. The molecule has 1 aliphatic rings. The molecule has 0 radical (unpaired) electrons. The lowest BCUT2D eigenvalue weighted by molar-refractivity contribution is -0.257. The number of carbonyl (C=O) groups excluding carboxylic acids is 2. The van der Waals surface area contributed by atoms with E-state index in [1.165, 1.54) is 0 Å². The largest absolute Gasteiger partial charge is 0.368 e. The highest BCUT2D eigenvalue weighted by atomic mass is 16.7. The van der Waals surface area contributed by atoms with Gasteiger partial charge in [-0.05, 0) is 19.1 Å². The molecule has 0 bridgehead atoms. The Kier molecular flexibility index (Phi) is 5.12. The molecule has 0 spiro atoms. The lowest BCUT2D eigenvalue weighted by atomic mass is 9.75. The number of aliphatic hydroxyl groups is 1. The van der Waals surface area contributed by atoms with Crippen LogP contribution in [-0.4, -0.2) is 33.2 Å². The van der Waals surface area contributed by atoms with Gasteiger partial charge in [-0.3, -0.25) is 14.4 Å². The normalized spacial score (nSPS) is 26.8. The average molecular weight is 361 g/mol. The van der Waals surface area contributed by atoms with Gasteiger partial charge in [0.2, 0.25) is 0 Å². The smallest absolute Gasteiger partial charge is 0.280 e. The topological polar surface area (TPSA) is 66.8 Å². The quantitative estimate of drug-likeness (QED) is 0.885. The van der Waals surface area contributed by atoms with Crippen LogP contribution >= 0.6 is 0 Å². The number of ketones is 1. The molecule has 1 fully saturated rings. The Labute approximate surface area is 156 Å². The van der Waals surface area contributed by atoms with Crippen LogP contribution in [0.5, 0.6) is 0 Å². The second kappa shape index (κ2) is 6.46. The maximum atomic E-state index is 13.0. The predicted octanol–water partition coefficient (Wildman–Crippen LogP) is 3.96. The molecule has 1 amide bonds. The number of hydroxylamine groups is 2. The van der Waals surface area contributed by atoms with Gasteiger partial charge in [0, 0.05) is 29.2 Å². The Hall–Kier alpha value is -1.72. The van der Waals surface area contributed by atoms with Gasteiger partial charge in [-0.2, -0.15) is 5.06 Å². The van der Waals surface area contributed by atoms with Crippen molar-refractivity contribution < 1.29 is 19.5 Å². The highest BCUT2D eigenvalue weighted by molar-refractivity contribution is 5.94. The van der Waals surface area contributed by atoms with Crippen molar-refractivity contribution in [3.63, 3.8) is 0 Å². The van der Waals surface area contributed by atoms with E-state index in [-0.39, 0.29) is 18.6 Å². The lowest BCUT2D eigenvalue weighted by Crippen LogP contribution is -2.55. The number of amides is 1. The maximum absolute atomic E-state index is 13.0. The van der Waals surface area contributed by atoms with Crippen LogP contribution in [0.3, 0.4) is 0 Å². The van der Waals surface area contributed by atoms with Crippen molar-refractivity contribution in [1.82, 2.24) is 5.06 Å². The molecule has 1 aromatic carbocycles. The van der Waals surface area contributed by atoms with Crippen LogP contribution in [0.15, 0.2) is 30.3 Å². The maximum Gasteiger partial charge on any atom is 0.280 e. The van der Waals surface area contributed by atoms with Crippen molar-refractivity contribution >= 4 is 11.7 Å². The summed E-state index contributed by atoms with van der Waals surface area (Å²) in [6, 6.07) is 8.72. The minimum absolute atomic E-state index is 0.0327. The Morgan fingerprint density at radius 3 is 2.12 bits per heavy atom. The first-order valence-electron chi connectivity index (χ1n) is 9.04. The number of rotatable bonds is 3. The van der Waals surface area contributed by atoms with Gasteiger partial charge in [-0.1, -0.05) is 59.7 Å². The van der Waals surface area contributed by atoms with E-state index >= 15 is 0 Å². The Morgan fingerprint density at radius 2 is 1.65 bits per heavy atom. The van der Waals surface area contributed by atoms with Crippen LogP contribution < -0.4 is 0 Å². The van der Waals surface area contributed by atoms with Gasteiger partial charge in [0.25, 0.3) is 5.91 Å². The van der Waals surface area contributed by atoms with Gasteiger partial charge in [-0.25, -0.2) is 0 Å². The van der Waals surface area contributed by atoms with Gasteiger partial charge in [0.1, 0.15) is 11.4 Å². The summed E-state index contributed by atoms with van der Waals surface area (Å²) in [6.45, 7) is 12.9. The van der Waals surface area contributed by atoms with Crippen LogP contribution in [0.4, 0.5) is 0 Å². The predicted molar refractivity (Wildman–Crippen MR) is 100 cm³/mol. The van der Waals surface area contributed by atoms with E-state index in [0.29, 0.717) is 5.56 Å². The van der Waals surface area contributed by atoms with Gasteiger partial charge in [0.05, 0.1) is 0 Å². The molecule has 5 heteroatoms. The molecular weight excluding hydrogens is 330 g/mol. The number of nitrogens with zero attached hydrogens (tertiary/aromatic N) is 1. The van der Waals surface area contributed by atoms with Gasteiger partial charge in [0.15, 0.2) is 5.72 Å². The summed E-state index contributed by atoms with van der Waals surface area (Å²) >= 11 is 0. The zero-order valence-corrected chi connectivity index (χ0v) is 16.9. The first-order chi connectivity index (χ1) is 11.7. The molecule has 26 heavy (non-hydrogen) atoms. The fraction of sp³-hybridized carbons (Fsp3) is 0.619. The van der Waals surface area contributed by atoms with Crippen molar-refractivity contribution in [2.24, 2.45) is 10.8 Å². The Bertz CT molecular complexity index is 686. The van der Waals surface area contributed by atoms with E-state index in [4.69, 9.17) is 4.84 Å². The van der Waals surface area contributed by atoms with Gasteiger partial charge in [-0.15, -0.1) is 0 Å². The molecule has 0 saturated carbocycles. The van der Waals surface area contributed by atoms with Gasteiger partial charge < -0.3 is 5.11 Å². The molecule has 1 N–H and O–H groups in total. The molecule has 1 saturated heterocycles. The molecule has 2 rings (SSSR count). The minimum atomic E-state index is -1.52.